The zero-order valence-corrected chi connectivity index (χ0v) is 23.5. The highest BCUT2D eigenvalue weighted by Crippen LogP contribution is 2.27. The second kappa shape index (κ2) is 10.8. The molecule has 1 aliphatic heterocycles. The molecule has 0 spiro atoms. The Bertz CT molecular complexity index is 1400. The summed E-state index contributed by atoms with van der Waals surface area (Å²) < 4.78 is 0. The van der Waals surface area contributed by atoms with Crippen molar-refractivity contribution in [1.29, 1.82) is 0 Å². The first-order chi connectivity index (χ1) is 17.8. The number of pyridine rings is 1. The van der Waals surface area contributed by atoms with Gasteiger partial charge in [-0.25, -0.2) is 0 Å². The quantitative estimate of drug-likeness (QED) is 0.286. The van der Waals surface area contributed by atoms with Gasteiger partial charge in [-0.2, -0.15) is 0 Å². The number of piperazine rings is 1. The second-order valence-electron chi connectivity index (χ2n) is 11.2. The van der Waals surface area contributed by atoms with Crippen LogP contribution in [-0.2, 0) is 13.0 Å². The van der Waals surface area contributed by atoms with Gasteiger partial charge in [0.15, 0.2) is 0 Å². The van der Waals surface area contributed by atoms with Crippen LogP contribution in [0.15, 0.2) is 54.7 Å². The van der Waals surface area contributed by atoms with Crippen molar-refractivity contribution in [3.05, 3.63) is 99.2 Å². The van der Waals surface area contributed by atoms with E-state index in [0.717, 1.165) is 51.4 Å². The summed E-state index contributed by atoms with van der Waals surface area (Å²) in [7, 11) is 0. The summed E-state index contributed by atoms with van der Waals surface area (Å²) in [4.78, 5) is 9.90. The summed E-state index contributed by atoms with van der Waals surface area (Å²) in [5.74, 6) is 0. The van der Waals surface area contributed by atoms with Gasteiger partial charge in [0.25, 0.3) is 0 Å². The Morgan fingerprint density at radius 1 is 0.649 bits per heavy atom. The second-order valence-corrected chi connectivity index (χ2v) is 11.2. The molecule has 37 heavy (non-hydrogen) atoms. The molecule has 0 N–H and O–H groups in total. The number of rotatable bonds is 6. The van der Waals surface area contributed by atoms with Crippen LogP contribution in [0.3, 0.4) is 0 Å². The van der Waals surface area contributed by atoms with Gasteiger partial charge in [-0.05, 0) is 128 Å². The molecule has 0 saturated carbocycles. The minimum atomic E-state index is 0.996. The van der Waals surface area contributed by atoms with Crippen molar-refractivity contribution in [3.63, 3.8) is 0 Å². The van der Waals surface area contributed by atoms with E-state index in [9.17, 15) is 0 Å². The molecule has 1 saturated heterocycles. The Kier molecular flexibility index (Phi) is 7.46. The maximum absolute atomic E-state index is 4.69. The summed E-state index contributed by atoms with van der Waals surface area (Å²) in [5.41, 5.74) is 13.4. The lowest BCUT2D eigenvalue weighted by molar-refractivity contribution is 0.128. The number of fused-ring (bicyclic) bond motifs is 1. The molecule has 192 valence electrons. The van der Waals surface area contributed by atoms with Gasteiger partial charge in [-0.15, -0.1) is 0 Å². The third kappa shape index (κ3) is 5.63. The van der Waals surface area contributed by atoms with Crippen molar-refractivity contribution in [1.82, 2.24) is 14.8 Å². The van der Waals surface area contributed by atoms with E-state index >= 15 is 0 Å². The van der Waals surface area contributed by atoms with Crippen molar-refractivity contribution >= 4 is 10.8 Å². The molecule has 3 aromatic carbocycles. The van der Waals surface area contributed by atoms with E-state index in [1.807, 2.05) is 6.20 Å². The van der Waals surface area contributed by atoms with Crippen molar-refractivity contribution < 1.29 is 0 Å². The zero-order chi connectivity index (χ0) is 26.1. The third-order valence-corrected chi connectivity index (χ3v) is 8.68. The van der Waals surface area contributed by atoms with Crippen LogP contribution in [0.2, 0.25) is 0 Å². The molecule has 0 bridgehead atoms. The van der Waals surface area contributed by atoms with Crippen LogP contribution >= 0.6 is 0 Å². The van der Waals surface area contributed by atoms with Crippen LogP contribution in [0, 0.1) is 41.5 Å². The van der Waals surface area contributed by atoms with Crippen LogP contribution in [-0.4, -0.2) is 47.5 Å². The summed E-state index contributed by atoms with van der Waals surface area (Å²) in [6, 6.07) is 18.4. The number of nitrogens with zero attached hydrogens (tertiary/aromatic N) is 3. The van der Waals surface area contributed by atoms with Crippen LogP contribution in [0.25, 0.3) is 22.0 Å². The molecule has 0 radical (unpaired) electrons. The highest BCUT2D eigenvalue weighted by atomic mass is 15.3. The molecule has 4 aromatic rings. The fourth-order valence-corrected chi connectivity index (χ4v) is 5.70. The van der Waals surface area contributed by atoms with E-state index in [0.29, 0.717) is 0 Å². The average molecular weight is 492 g/mol. The number of aryl methyl sites for hydroxylation is 4. The summed E-state index contributed by atoms with van der Waals surface area (Å²) in [5, 5.41) is 2.78. The van der Waals surface area contributed by atoms with E-state index in [1.165, 1.54) is 60.8 Å². The first kappa shape index (κ1) is 25.6. The predicted octanol–water partition coefficient (Wildman–Crippen LogP) is 7.11. The monoisotopic (exact) mass is 491 g/mol. The SMILES string of the molecule is Cc1cc(-c2cc(CN3CCN(CCc4ccc5c(C)c(C)c(C)cc5c4)CC3)ccn2)cc(C)c1C. The molecule has 0 atom stereocenters. The Morgan fingerprint density at radius 3 is 2.05 bits per heavy atom. The first-order valence-corrected chi connectivity index (χ1v) is 13.8. The fourth-order valence-electron chi connectivity index (χ4n) is 5.70. The van der Waals surface area contributed by atoms with Gasteiger partial charge in [-0.1, -0.05) is 24.3 Å². The van der Waals surface area contributed by atoms with Crippen molar-refractivity contribution in [2.45, 2.75) is 54.5 Å². The molecule has 1 aliphatic rings. The zero-order valence-electron chi connectivity index (χ0n) is 23.5. The number of hydrogen-bond donors (Lipinski definition) is 0. The Morgan fingerprint density at radius 2 is 1.32 bits per heavy atom. The van der Waals surface area contributed by atoms with E-state index in [-0.39, 0.29) is 0 Å². The molecule has 2 heterocycles. The van der Waals surface area contributed by atoms with Crippen molar-refractivity contribution in [2.24, 2.45) is 0 Å². The van der Waals surface area contributed by atoms with E-state index in [2.05, 4.69) is 105 Å². The molecular formula is C34H41N3. The lowest BCUT2D eigenvalue weighted by Crippen LogP contribution is -2.46. The standard InChI is InChI=1S/C34H41N3/c1-23-18-32(19-24(2)26(23)4)34-21-30(9-11-35-34)22-37-15-13-36(14-16-37)12-10-29-7-8-33-28(6)27(5)25(3)17-31(33)20-29/h7-9,11,17-21H,10,12-16,22H2,1-6H3. The first-order valence-electron chi connectivity index (χ1n) is 13.8. The summed E-state index contributed by atoms with van der Waals surface area (Å²) in [6.07, 6.45) is 3.09. The van der Waals surface area contributed by atoms with E-state index in [1.54, 1.807) is 0 Å². The number of hydrogen-bond acceptors (Lipinski definition) is 3. The van der Waals surface area contributed by atoms with Gasteiger partial charge in [0.1, 0.15) is 0 Å². The van der Waals surface area contributed by atoms with E-state index in [4.69, 9.17) is 0 Å². The minimum absolute atomic E-state index is 0.996. The normalized spacial score (nSPS) is 15.0. The van der Waals surface area contributed by atoms with E-state index < -0.39 is 0 Å². The molecule has 0 unspecified atom stereocenters. The van der Waals surface area contributed by atoms with Gasteiger partial charge in [0.05, 0.1) is 5.69 Å². The van der Waals surface area contributed by atoms with Gasteiger partial charge < -0.3 is 4.90 Å². The smallest absolute Gasteiger partial charge is 0.0705 e. The Balaban J connectivity index is 1.16. The van der Waals surface area contributed by atoms with Crippen LogP contribution in [0.5, 0.6) is 0 Å². The largest absolute Gasteiger partial charge is 0.300 e. The molecule has 5 rings (SSSR count). The highest BCUT2D eigenvalue weighted by Gasteiger charge is 2.17. The van der Waals surface area contributed by atoms with Gasteiger partial charge in [0.2, 0.25) is 0 Å². The average Bonchev–Trinajstić information content (AvgIpc) is 2.90. The van der Waals surface area contributed by atoms with Crippen molar-refractivity contribution in [3.8, 4) is 11.3 Å². The summed E-state index contributed by atoms with van der Waals surface area (Å²) in [6.45, 7) is 19.9. The summed E-state index contributed by atoms with van der Waals surface area (Å²) >= 11 is 0. The maximum atomic E-state index is 4.69. The minimum Gasteiger partial charge on any atom is -0.300 e. The molecule has 1 fully saturated rings. The highest BCUT2D eigenvalue weighted by molar-refractivity contribution is 5.88. The predicted molar refractivity (Wildman–Crippen MR) is 157 cm³/mol. The maximum Gasteiger partial charge on any atom is 0.0705 e. The Labute approximate surface area is 223 Å². The molecule has 3 nitrogen and oxygen atoms in total. The third-order valence-electron chi connectivity index (χ3n) is 8.68. The molecule has 1 aromatic heterocycles. The number of benzene rings is 3. The van der Waals surface area contributed by atoms with Crippen LogP contribution < -0.4 is 0 Å². The topological polar surface area (TPSA) is 19.4 Å². The lowest BCUT2D eigenvalue weighted by atomic mass is 9.95. The lowest BCUT2D eigenvalue weighted by Gasteiger charge is -2.34. The van der Waals surface area contributed by atoms with Gasteiger partial charge in [0, 0.05) is 51.0 Å². The Hall–Kier alpha value is -3.01. The van der Waals surface area contributed by atoms with Gasteiger partial charge in [-0.3, -0.25) is 9.88 Å². The fraction of sp³-hybridized carbons (Fsp3) is 0.382. The molecular weight excluding hydrogens is 450 g/mol. The van der Waals surface area contributed by atoms with Crippen LogP contribution in [0.1, 0.15) is 44.5 Å². The van der Waals surface area contributed by atoms with Crippen molar-refractivity contribution in [2.75, 3.05) is 32.7 Å². The van der Waals surface area contributed by atoms with Crippen LogP contribution in [0.4, 0.5) is 0 Å². The van der Waals surface area contributed by atoms with Gasteiger partial charge >= 0.3 is 0 Å². The molecule has 0 aliphatic carbocycles. The molecule has 3 heteroatoms. The molecule has 0 amide bonds. The number of aromatic nitrogens is 1.